The summed E-state index contributed by atoms with van der Waals surface area (Å²) in [5, 5.41) is 29.6. The molecule has 3 N–H and O–H groups in total. The Labute approximate surface area is 226 Å². The van der Waals surface area contributed by atoms with Crippen LogP contribution in [0.1, 0.15) is 53.6 Å². The van der Waals surface area contributed by atoms with Crippen molar-refractivity contribution in [2.24, 2.45) is 5.92 Å². The van der Waals surface area contributed by atoms with Gasteiger partial charge in [0.25, 0.3) is 5.91 Å². The van der Waals surface area contributed by atoms with Gasteiger partial charge >= 0.3 is 0 Å². The first-order valence-electron chi connectivity index (χ1n) is 13.2. The molecule has 0 unspecified atom stereocenters. The van der Waals surface area contributed by atoms with Gasteiger partial charge in [-0.25, -0.2) is 0 Å². The SMILES string of the molecule is Cl.O=C(N[C@H]1CC[C@@]2(O)[C@H]3Cc4ccc(O)c5c4[C@@]2(CCN3CC2CC2)[C@H]1O5)c1csc2ccccc12. The number of benzene rings is 2. The minimum absolute atomic E-state index is 0. The molecule has 1 spiro atoms. The van der Waals surface area contributed by atoms with Gasteiger partial charge in [-0.05, 0) is 68.7 Å². The van der Waals surface area contributed by atoms with Crippen LogP contribution in [0, 0.1) is 5.92 Å². The molecule has 194 valence electrons. The van der Waals surface area contributed by atoms with Gasteiger partial charge in [0.15, 0.2) is 11.5 Å². The van der Waals surface area contributed by atoms with Gasteiger partial charge in [-0.1, -0.05) is 24.3 Å². The summed E-state index contributed by atoms with van der Waals surface area (Å²) in [7, 11) is 0. The highest BCUT2D eigenvalue weighted by molar-refractivity contribution is 7.17. The molecule has 1 saturated heterocycles. The van der Waals surface area contributed by atoms with Crippen molar-refractivity contribution in [2.75, 3.05) is 13.1 Å². The third kappa shape index (κ3) is 3.08. The number of aromatic hydroxyl groups is 1. The van der Waals surface area contributed by atoms with Crippen molar-refractivity contribution >= 4 is 39.7 Å². The van der Waals surface area contributed by atoms with Crippen molar-refractivity contribution in [1.29, 1.82) is 0 Å². The summed E-state index contributed by atoms with van der Waals surface area (Å²) in [6, 6.07) is 11.5. The third-order valence-corrected chi connectivity index (χ3v) is 10.8. The number of carbonyl (C=O) groups excluding carboxylic acids is 1. The van der Waals surface area contributed by atoms with Crippen molar-refractivity contribution in [3.8, 4) is 11.5 Å². The number of likely N-dealkylation sites (tertiary alicyclic amines) is 1. The number of ether oxygens (including phenoxy) is 1. The molecule has 8 rings (SSSR count). The number of halogens is 1. The van der Waals surface area contributed by atoms with Gasteiger partial charge < -0.3 is 20.3 Å². The second-order valence-corrected chi connectivity index (χ2v) is 12.5. The molecule has 2 aromatic carbocycles. The molecule has 0 radical (unpaired) electrons. The minimum Gasteiger partial charge on any atom is -0.504 e. The van der Waals surface area contributed by atoms with E-state index in [0.717, 1.165) is 47.5 Å². The summed E-state index contributed by atoms with van der Waals surface area (Å²) < 4.78 is 7.67. The van der Waals surface area contributed by atoms with Gasteiger partial charge in [0.05, 0.1) is 22.6 Å². The number of hydrogen-bond acceptors (Lipinski definition) is 6. The topological polar surface area (TPSA) is 82.0 Å². The second kappa shape index (κ2) is 8.09. The van der Waals surface area contributed by atoms with Gasteiger partial charge in [-0.3, -0.25) is 9.69 Å². The number of amides is 1. The number of rotatable bonds is 4. The first kappa shape index (κ1) is 23.8. The zero-order chi connectivity index (χ0) is 24.2. The largest absolute Gasteiger partial charge is 0.504 e. The predicted molar refractivity (Wildman–Crippen MR) is 145 cm³/mol. The van der Waals surface area contributed by atoms with Crippen LogP contribution in [0.5, 0.6) is 11.5 Å². The zero-order valence-electron chi connectivity index (χ0n) is 20.5. The van der Waals surface area contributed by atoms with Crippen LogP contribution in [-0.4, -0.2) is 57.9 Å². The van der Waals surface area contributed by atoms with E-state index in [1.54, 1.807) is 17.4 Å². The molecule has 3 aliphatic carbocycles. The molecule has 2 aliphatic heterocycles. The highest BCUT2D eigenvalue weighted by atomic mass is 35.5. The molecule has 2 bridgehead atoms. The normalized spacial score (nSPS) is 33.4. The molecule has 37 heavy (non-hydrogen) atoms. The second-order valence-electron chi connectivity index (χ2n) is 11.6. The van der Waals surface area contributed by atoms with Crippen LogP contribution in [0.15, 0.2) is 41.8 Å². The highest BCUT2D eigenvalue weighted by Crippen LogP contribution is 2.65. The molecular weight excluding hydrogens is 508 g/mol. The number of piperidine rings is 1. The van der Waals surface area contributed by atoms with Crippen molar-refractivity contribution in [3.63, 3.8) is 0 Å². The lowest BCUT2D eigenvalue weighted by molar-refractivity contribution is -0.191. The molecule has 5 atom stereocenters. The summed E-state index contributed by atoms with van der Waals surface area (Å²) in [6.45, 7) is 1.97. The van der Waals surface area contributed by atoms with Crippen molar-refractivity contribution in [1.82, 2.24) is 10.2 Å². The number of phenolic OH excluding ortho intramolecular Hbond substituents is 1. The standard InChI is InChI=1S/C29H30N2O4S.ClH/c32-21-8-7-17-13-23-29(34)10-9-20(30-27(33)19-15-36-22-4-2-1-3-18(19)22)26-28(29,24(17)25(21)35-26)11-12-31(23)14-16-5-6-16;/h1-4,7-8,15-16,20,23,26,32,34H,5-6,9-14H2,(H,30,33);1H/t20-,23+,26-,28-,29+;/m0./s1. The summed E-state index contributed by atoms with van der Waals surface area (Å²) in [6.07, 6.45) is 4.99. The van der Waals surface area contributed by atoms with E-state index in [1.807, 2.05) is 35.7 Å². The molecule has 1 amide bonds. The smallest absolute Gasteiger partial charge is 0.253 e. The Kier molecular flexibility index (Phi) is 5.20. The van der Waals surface area contributed by atoms with Crippen molar-refractivity contribution in [2.45, 2.75) is 67.7 Å². The van der Waals surface area contributed by atoms with Crippen LogP contribution >= 0.6 is 23.7 Å². The molecule has 3 heterocycles. The monoisotopic (exact) mass is 538 g/mol. The van der Waals surface area contributed by atoms with Crippen LogP contribution in [0.25, 0.3) is 10.1 Å². The highest BCUT2D eigenvalue weighted by Gasteiger charge is 2.73. The molecule has 3 aromatic rings. The molecule has 2 saturated carbocycles. The van der Waals surface area contributed by atoms with Gasteiger partial charge in [0.1, 0.15) is 6.10 Å². The fraction of sp³-hybridized carbons (Fsp3) is 0.483. The lowest BCUT2D eigenvalue weighted by atomic mass is 9.48. The summed E-state index contributed by atoms with van der Waals surface area (Å²) >= 11 is 1.58. The maximum absolute atomic E-state index is 13.5. The first-order chi connectivity index (χ1) is 17.5. The quantitative estimate of drug-likeness (QED) is 0.459. The van der Waals surface area contributed by atoms with Crippen LogP contribution in [0.2, 0.25) is 0 Å². The minimum atomic E-state index is -0.937. The average molecular weight is 539 g/mol. The van der Waals surface area contributed by atoms with Gasteiger partial charge in [0.2, 0.25) is 0 Å². The van der Waals surface area contributed by atoms with E-state index in [-0.39, 0.29) is 36.1 Å². The Bertz CT molecular complexity index is 1420. The summed E-state index contributed by atoms with van der Waals surface area (Å²) in [4.78, 5) is 16.1. The summed E-state index contributed by atoms with van der Waals surface area (Å²) in [5.74, 6) is 1.31. The predicted octanol–water partition coefficient (Wildman–Crippen LogP) is 4.39. The third-order valence-electron chi connectivity index (χ3n) is 9.80. The number of thiophene rings is 1. The molecule has 8 heteroatoms. The Hall–Kier alpha value is -2.32. The molecule has 3 fully saturated rings. The average Bonchev–Trinajstić information content (AvgIpc) is 3.46. The maximum Gasteiger partial charge on any atom is 0.253 e. The number of phenols is 1. The van der Waals surface area contributed by atoms with Crippen molar-refractivity contribution < 1.29 is 19.7 Å². The lowest BCUT2D eigenvalue weighted by Crippen LogP contribution is -2.78. The van der Waals surface area contributed by atoms with E-state index in [4.69, 9.17) is 4.74 Å². The van der Waals surface area contributed by atoms with Gasteiger partial charge in [0, 0.05) is 33.6 Å². The van der Waals surface area contributed by atoms with E-state index in [0.29, 0.717) is 24.2 Å². The Morgan fingerprint density at radius 2 is 2.00 bits per heavy atom. The van der Waals surface area contributed by atoms with Crippen LogP contribution in [-0.2, 0) is 11.8 Å². The first-order valence-corrected chi connectivity index (χ1v) is 14.1. The van der Waals surface area contributed by atoms with Crippen LogP contribution in [0.3, 0.4) is 0 Å². The lowest BCUT2D eigenvalue weighted by Gasteiger charge is -2.64. The number of aliphatic hydroxyl groups is 1. The maximum atomic E-state index is 13.5. The van der Waals surface area contributed by atoms with Crippen LogP contribution < -0.4 is 10.1 Å². The number of hydrogen-bond donors (Lipinski definition) is 3. The van der Waals surface area contributed by atoms with Gasteiger partial charge in [-0.15, -0.1) is 23.7 Å². The van der Waals surface area contributed by atoms with E-state index in [1.165, 1.54) is 18.4 Å². The molecule has 5 aliphatic rings. The Morgan fingerprint density at radius 3 is 2.84 bits per heavy atom. The molecular formula is C29H31ClN2O4S. The van der Waals surface area contributed by atoms with E-state index < -0.39 is 17.1 Å². The number of carbonyl (C=O) groups is 1. The van der Waals surface area contributed by atoms with Crippen LogP contribution in [0.4, 0.5) is 0 Å². The molecule has 1 aromatic heterocycles. The summed E-state index contributed by atoms with van der Waals surface area (Å²) in [5.41, 5.74) is 1.31. The zero-order valence-corrected chi connectivity index (χ0v) is 22.1. The number of nitrogens with one attached hydrogen (secondary N) is 1. The van der Waals surface area contributed by atoms with E-state index >= 15 is 0 Å². The van der Waals surface area contributed by atoms with Crippen molar-refractivity contribution in [3.05, 3.63) is 58.5 Å². The number of nitrogens with zero attached hydrogens (tertiary/aromatic N) is 1. The fourth-order valence-electron chi connectivity index (χ4n) is 8.03. The van der Waals surface area contributed by atoms with Gasteiger partial charge in [-0.2, -0.15) is 0 Å². The fourth-order valence-corrected chi connectivity index (χ4v) is 8.97. The number of fused-ring (bicyclic) bond motifs is 1. The Morgan fingerprint density at radius 1 is 1.16 bits per heavy atom. The van der Waals surface area contributed by atoms with E-state index in [9.17, 15) is 15.0 Å². The molecule has 6 nitrogen and oxygen atoms in total. The Balaban J connectivity index is 0.00000231. The van der Waals surface area contributed by atoms with E-state index in [2.05, 4.69) is 10.2 Å².